The fraction of sp³-hybridized carbons (Fsp3) is 0.400. The third-order valence-corrected chi connectivity index (χ3v) is 5.73. The van der Waals surface area contributed by atoms with E-state index in [-0.39, 0.29) is 17.6 Å². The number of amides is 1. The van der Waals surface area contributed by atoms with E-state index in [0.29, 0.717) is 12.0 Å². The number of imidazole rings is 1. The van der Waals surface area contributed by atoms with Gasteiger partial charge in [-0.2, -0.15) is 0 Å². The lowest BCUT2D eigenvalue weighted by atomic mass is 9.83. The molecule has 120 valence electrons. The summed E-state index contributed by atoms with van der Waals surface area (Å²) in [5.41, 5.74) is 2.30. The third kappa shape index (κ3) is 1.76. The summed E-state index contributed by atoms with van der Waals surface area (Å²) in [5, 5.41) is 21.3. The number of carboxylic acid groups (broad SMARTS) is 1. The number of carboxylic acids is 1. The highest BCUT2D eigenvalue weighted by molar-refractivity contribution is 7.15. The van der Waals surface area contributed by atoms with Crippen LogP contribution in [0.5, 0.6) is 0 Å². The van der Waals surface area contributed by atoms with Gasteiger partial charge in [-0.05, 0) is 20.3 Å². The van der Waals surface area contributed by atoms with Gasteiger partial charge in [-0.25, -0.2) is 9.78 Å². The first-order valence-corrected chi connectivity index (χ1v) is 8.19. The van der Waals surface area contributed by atoms with E-state index < -0.39 is 18.0 Å². The summed E-state index contributed by atoms with van der Waals surface area (Å²) in [5.74, 6) is -1.96. The molecule has 0 unspecified atom stereocenters. The molecular formula is C15H15N3O4S. The average molecular weight is 333 g/mol. The monoisotopic (exact) mass is 333 g/mol. The van der Waals surface area contributed by atoms with E-state index in [0.717, 1.165) is 16.2 Å². The molecule has 2 aromatic heterocycles. The number of fused-ring (bicyclic) bond motifs is 2. The van der Waals surface area contributed by atoms with E-state index in [2.05, 4.69) is 4.98 Å². The van der Waals surface area contributed by atoms with Gasteiger partial charge in [0, 0.05) is 11.0 Å². The molecule has 1 saturated heterocycles. The number of hydrogen-bond donors (Lipinski definition) is 2. The van der Waals surface area contributed by atoms with Crippen LogP contribution in [0.4, 0.5) is 0 Å². The molecule has 8 heteroatoms. The van der Waals surface area contributed by atoms with Crippen molar-refractivity contribution >= 4 is 33.6 Å². The zero-order valence-electron chi connectivity index (χ0n) is 12.6. The summed E-state index contributed by atoms with van der Waals surface area (Å²) >= 11 is 1.50. The first-order chi connectivity index (χ1) is 10.9. The number of hydrogen-bond acceptors (Lipinski definition) is 5. The first kappa shape index (κ1) is 14.4. The van der Waals surface area contributed by atoms with Crippen LogP contribution in [-0.2, 0) is 9.59 Å². The number of aryl methyl sites for hydroxylation is 1. The quantitative estimate of drug-likeness (QED) is 0.821. The van der Waals surface area contributed by atoms with Gasteiger partial charge in [-0.3, -0.25) is 9.20 Å². The highest BCUT2D eigenvalue weighted by Crippen LogP contribution is 2.47. The fourth-order valence-electron chi connectivity index (χ4n) is 3.62. The minimum Gasteiger partial charge on any atom is -0.477 e. The maximum absolute atomic E-state index is 12.2. The number of aliphatic hydroxyl groups excluding tert-OH is 1. The molecule has 2 N–H and O–H groups in total. The number of aliphatic carboxylic acids is 1. The van der Waals surface area contributed by atoms with E-state index in [1.165, 1.54) is 16.2 Å². The molecule has 1 amide bonds. The zero-order valence-corrected chi connectivity index (χ0v) is 13.4. The van der Waals surface area contributed by atoms with Crippen molar-refractivity contribution < 1.29 is 19.8 Å². The Hall–Kier alpha value is -2.19. The average Bonchev–Trinajstić information content (AvgIpc) is 3.11. The zero-order chi connectivity index (χ0) is 16.5. The Bertz CT molecular complexity index is 879. The molecule has 23 heavy (non-hydrogen) atoms. The van der Waals surface area contributed by atoms with Gasteiger partial charge in [-0.15, -0.1) is 11.3 Å². The van der Waals surface area contributed by atoms with Crippen molar-refractivity contribution in [2.75, 3.05) is 0 Å². The van der Waals surface area contributed by atoms with Crippen LogP contribution in [0.25, 0.3) is 10.4 Å². The van der Waals surface area contributed by atoms with Gasteiger partial charge in [0.2, 0.25) is 5.91 Å². The number of aromatic nitrogens is 2. The van der Waals surface area contributed by atoms with Gasteiger partial charge >= 0.3 is 5.97 Å². The second-order valence-electron chi connectivity index (χ2n) is 6.00. The molecule has 4 rings (SSSR count). The number of nitrogens with zero attached hydrogens (tertiary/aromatic N) is 3. The standard InChI is InChI=1S/C15H15N3O4S/c1-6-14-17(5-16-6)10(4-23-14)8-3-9-11(7(2)19)13(20)18(9)12(8)15(21)22/h4-5,7,9,11,19H,3H2,1-2H3,(H,21,22)/t7-,9-,11-/m1/s1. The topological polar surface area (TPSA) is 95.1 Å². The van der Waals surface area contributed by atoms with Crippen LogP contribution in [-0.4, -0.2) is 48.5 Å². The van der Waals surface area contributed by atoms with E-state index in [1.807, 2.05) is 16.7 Å². The van der Waals surface area contributed by atoms with Crippen molar-refractivity contribution in [1.82, 2.24) is 14.3 Å². The van der Waals surface area contributed by atoms with Gasteiger partial charge in [0.25, 0.3) is 0 Å². The van der Waals surface area contributed by atoms with Crippen LogP contribution < -0.4 is 0 Å². The van der Waals surface area contributed by atoms with Crippen LogP contribution in [0.2, 0.25) is 0 Å². The molecule has 2 aromatic rings. The molecule has 0 bridgehead atoms. The van der Waals surface area contributed by atoms with Gasteiger partial charge in [0.1, 0.15) is 16.9 Å². The number of carbonyl (C=O) groups is 2. The predicted molar refractivity (Wildman–Crippen MR) is 82.8 cm³/mol. The van der Waals surface area contributed by atoms with Crippen LogP contribution >= 0.6 is 11.3 Å². The van der Waals surface area contributed by atoms with E-state index >= 15 is 0 Å². The highest BCUT2D eigenvalue weighted by atomic mass is 32.1. The molecule has 0 aliphatic carbocycles. The first-order valence-electron chi connectivity index (χ1n) is 7.31. The van der Waals surface area contributed by atoms with E-state index in [4.69, 9.17) is 0 Å². The van der Waals surface area contributed by atoms with Crippen molar-refractivity contribution in [2.24, 2.45) is 5.92 Å². The molecule has 0 spiro atoms. The Labute approximate surface area is 135 Å². The maximum Gasteiger partial charge on any atom is 0.352 e. The molecule has 4 heterocycles. The maximum atomic E-state index is 12.2. The lowest BCUT2D eigenvalue weighted by Crippen LogP contribution is -2.61. The second kappa shape index (κ2) is 4.65. The number of carbonyl (C=O) groups excluding carboxylic acids is 1. The minimum atomic E-state index is -1.11. The fourth-order valence-corrected chi connectivity index (χ4v) is 4.58. The SMILES string of the molecule is Cc1ncn2c(C3=C(C(=O)O)N4C(=O)[C@H]([C@@H](C)O)[C@H]4C3)csc12. The molecular weight excluding hydrogens is 318 g/mol. The largest absolute Gasteiger partial charge is 0.477 e. The van der Waals surface area contributed by atoms with Gasteiger partial charge in [-0.1, -0.05) is 0 Å². The predicted octanol–water partition coefficient (Wildman–Crippen LogP) is 1.11. The summed E-state index contributed by atoms with van der Waals surface area (Å²) in [4.78, 5) is 30.5. The van der Waals surface area contributed by atoms with E-state index in [9.17, 15) is 19.8 Å². The van der Waals surface area contributed by atoms with Crippen LogP contribution in [0, 0.1) is 12.8 Å². The number of rotatable bonds is 3. The third-order valence-electron chi connectivity index (χ3n) is 4.68. The van der Waals surface area contributed by atoms with Crippen molar-refractivity contribution in [3.05, 3.63) is 28.8 Å². The Morgan fingerprint density at radius 2 is 2.26 bits per heavy atom. The Kier molecular flexibility index (Phi) is 2.91. The molecule has 1 fully saturated rings. The van der Waals surface area contributed by atoms with Crippen molar-refractivity contribution in [1.29, 1.82) is 0 Å². The molecule has 0 saturated carbocycles. The van der Waals surface area contributed by atoms with Crippen LogP contribution in [0.3, 0.4) is 0 Å². The van der Waals surface area contributed by atoms with Gasteiger partial charge in [0.05, 0.1) is 29.5 Å². The lowest BCUT2D eigenvalue weighted by molar-refractivity contribution is -0.161. The summed E-state index contributed by atoms with van der Waals surface area (Å²) in [6, 6.07) is -0.275. The van der Waals surface area contributed by atoms with E-state index in [1.54, 1.807) is 13.3 Å². The van der Waals surface area contributed by atoms with Crippen LogP contribution in [0.15, 0.2) is 17.4 Å². The molecule has 0 aromatic carbocycles. The van der Waals surface area contributed by atoms with Crippen molar-refractivity contribution in [3.8, 4) is 0 Å². The summed E-state index contributed by atoms with van der Waals surface area (Å²) in [6.07, 6.45) is 1.33. The van der Waals surface area contributed by atoms with Gasteiger partial charge < -0.3 is 15.1 Å². The van der Waals surface area contributed by atoms with Crippen molar-refractivity contribution in [3.63, 3.8) is 0 Å². The Balaban J connectivity index is 1.85. The molecule has 3 atom stereocenters. The molecule has 7 nitrogen and oxygen atoms in total. The van der Waals surface area contributed by atoms with Gasteiger partial charge in [0.15, 0.2) is 0 Å². The smallest absolute Gasteiger partial charge is 0.352 e. The summed E-state index contributed by atoms with van der Waals surface area (Å²) < 4.78 is 1.87. The highest BCUT2D eigenvalue weighted by Gasteiger charge is 2.57. The molecule has 0 radical (unpaired) electrons. The molecule has 2 aliphatic rings. The Morgan fingerprint density at radius 1 is 1.52 bits per heavy atom. The second-order valence-corrected chi connectivity index (χ2v) is 6.86. The van der Waals surface area contributed by atoms with Crippen LogP contribution in [0.1, 0.15) is 24.7 Å². The Morgan fingerprint density at radius 3 is 2.91 bits per heavy atom. The number of aliphatic hydroxyl groups is 1. The normalized spacial score (nSPS) is 25.0. The number of β-lactam (4-membered cyclic amide) rings is 1. The minimum absolute atomic E-state index is 0.0305. The summed E-state index contributed by atoms with van der Waals surface area (Å²) in [6.45, 7) is 3.47. The lowest BCUT2D eigenvalue weighted by Gasteiger charge is -2.44. The number of thiazole rings is 1. The van der Waals surface area contributed by atoms with Crippen molar-refractivity contribution in [2.45, 2.75) is 32.4 Å². The molecule has 2 aliphatic heterocycles. The summed E-state index contributed by atoms with van der Waals surface area (Å²) in [7, 11) is 0.